The van der Waals surface area contributed by atoms with Crippen LogP contribution in [0.3, 0.4) is 0 Å². The maximum atomic E-state index is 12.2. The number of nitrogens with one attached hydrogen (secondary N) is 2. The zero-order valence-electron chi connectivity index (χ0n) is 11.2. The van der Waals surface area contributed by atoms with Gasteiger partial charge in [0.2, 0.25) is 10.0 Å². The first-order valence-electron chi connectivity index (χ1n) is 6.16. The predicted molar refractivity (Wildman–Crippen MR) is 88.1 cm³/mol. The number of halogens is 2. The lowest BCUT2D eigenvalue weighted by Crippen LogP contribution is -2.34. The molecule has 0 bridgehead atoms. The van der Waals surface area contributed by atoms with Crippen molar-refractivity contribution in [2.45, 2.75) is 4.90 Å². The number of benzene rings is 1. The van der Waals surface area contributed by atoms with E-state index in [0.29, 0.717) is 8.95 Å². The lowest BCUT2D eigenvalue weighted by atomic mass is 10.4. The summed E-state index contributed by atoms with van der Waals surface area (Å²) in [6.45, 7) is 0.206. The third kappa shape index (κ3) is 4.42. The topological polar surface area (TPSA) is 88.4 Å². The molecule has 0 radical (unpaired) electrons. The molecule has 118 valence electrons. The standard InChI is InChI=1S/C13H12Br2N2O4S/c14-9-3-4-10(15)12(8-9)22(19,20)17-6-5-16-13(18)11-2-1-7-21-11/h1-4,7-8,17H,5-6H2,(H,16,18). The van der Waals surface area contributed by atoms with E-state index in [9.17, 15) is 13.2 Å². The van der Waals surface area contributed by atoms with Crippen LogP contribution in [0.5, 0.6) is 0 Å². The van der Waals surface area contributed by atoms with Crippen molar-refractivity contribution < 1.29 is 17.6 Å². The molecule has 0 saturated heterocycles. The highest BCUT2D eigenvalue weighted by atomic mass is 79.9. The van der Waals surface area contributed by atoms with Crippen molar-refractivity contribution in [1.82, 2.24) is 10.0 Å². The number of furan rings is 1. The fraction of sp³-hybridized carbons (Fsp3) is 0.154. The molecule has 9 heteroatoms. The fourth-order valence-corrected chi connectivity index (χ4v) is 4.15. The molecular weight excluding hydrogens is 440 g/mol. The molecule has 0 atom stereocenters. The summed E-state index contributed by atoms with van der Waals surface area (Å²) in [5, 5.41) is 2.55. The van der Waals surface area contributed by atoms with Crippen molar-refractivity contribution in [3.05, 3.63) is 51.3 Å². The van der Waals surface area contributed by atoms with E-state index in [1.54, 1.807) is 18.2 Å². The van der Waals surface area contributed by atoms with Crippen LogP contribution in [0.4, 0.5) is 0 Å². The zero-order chi connectivity index (χ0) is 16.2. The molecule has 2 rings (SSSR count). The summed E-state index contributed by atoms with van der Waals surface area (Å²) in [4.78, 5) is 11.7. The van der Waals surface area contributed by atoms with Gasteiger partial charge in [0.1, 0.15) is 0 Å². The van der Waals surface area contributed by atoms with E-state index in [1.165, 1.54) is 18.4 Å². The van der Waals surface area contributed by atoms with E-state index in [1.807, 2.05) is 0 Å². The summed E-state index contributed by atoms with van der Waals surface area (Å²) < 4.78 is 32.8. The molecule has 22 heavy (non-hydrogen) atoms. The highest BCUT2D eigenvalue weighted by Gasteiger charge is 2.17. The maximum absolute atomic E-state index is 12.2. The molecule has 0 fully saturated rings. The summed E-state index contributed by atoms with van der Waals surface area (Å²) >= 11 is 6.43. The maximum Gasteiger partial charge on any atom is 0.287 e. The zero-order valence-corrected chi connectivity index (χ0v) is 15.2. The number of hydrogen-bond donors (Lipinski definition) is 2. The molecule has 0 aliphatic carbocycles. The van der Waals surface area contributed by atoms with E-state index in [0.717, 1.165) is 0 Å². The highest BCUT2D eigenvalue weighted by Crippen LogP contribution is 2.25. The molecule has 1 amide bonds. The Balaban J connectivity index is 1.90. The van der Waals surface area contributed by atoms with Gasteiger partial charge in [0, 0.05) is 22.0 Å². The molecule has 0 saturated carbocycles. The van der Waals surface area contributed by atoms with Gasteiger partial charge in [-0.05, 0) is 46.3 Å². The van der Waals surface area contributed by atoms with Crippen molar-refractivity contribution in [2.24, 2.45) is 0 Å². The number of amides is 1. The molecule has 0 aliphatic rings. The van der Waals surface area contributed by atoms with Crippen LogP contribution in [-0.4, -0.2) is 27.4 Å². The minimum Gasteiger partial charge on any atom is -0.459 e. The van der Waals surface area contributed by atoms with E-state index in [4.69, 9.17) is 4.42 Å². The minimum atomic E-state index is -3.67. The van der Waals surface area contributed by atoms with Gasteiger partial charge in [-0.1, -0.05) is 15.9 Å². The molecule has 2 N–H and O–H groups in total. The lowest BCUT2D eigenvalue weighted by Gasteiger charge is -2.09. The summed E-state index contributed by atoms with van der Waals surface area (Å²) in [5.41, 5.74) is 0. The lowest BCUT2D eigenvalue weighted by molar-refractivity contribution is 0.0926. The molecule has 1 aromatic carbocycles. The first kappa shape index (κ1) is 17.2. The second-order valence-electron chi connectivity index (χ2n) is 4.21. The van der Waals surface area contributed by atoms with Crippen molar-refractivity contribution in [2.75, 3.05) is 13.1 Å². The van der Waals surface area contributed by atoms with Crippen molar-refractivity contribution in [3.63, 3.8) is 0 Å². The average molecular weight is 452 g/mol. The first-order chi connectivity index (χ1) is 10.4. The van der Waals surface area contributed by atoms with Gasteiger partial charge in [0.25, 0.3) is 5.91 Å². The van der Waals surface area contributed by atoms with Crippen LogP contribution in [0.25, 0.3) is 0 Å². The molecule has 2 aromatic rings. The Labute approximate surface area is 144 Å². The highest BCUT2D eigenvalue weighted by molar-refractivity contribution is 9.11. The normalized spacial score (nSPS) is 11.4. The summed E-state index contributed by atoms with van der Waals surface area (Å²) in [7, 11) is -3.67. The fourth-order valence-electron chi connectivity index (χ4n) is 1.62. The Morgan fingerprint density at radius 2 is 1.95 bits per heavy atom. The molecular formula is C13H12Br2N2O4S. The van der Waals surface area contributed by atoms with Crippen LogP contribution in [0.2, 0.25) is 0 Å². The number of hydrogen-bond acceptors (Lipinski definition) is 4. The average Bonchev–Trinajstić information content (AvgIpc) is 3.00. The van der Waals surface area contributed by atoms with Gasteiger partial charge >= 0.3 is 0 Å². The largest absolute Gasteiger partial charge is 0.459 e. The van der Waals surface area contributed by atoms with Crippen molar-refractivity contribution in [1.29, 1.82) is 0 Å². The third-order valence-electron chi connectivity index (χ3n) is 2.63. The van der Waals surface area contributed by atoms with Crippen molar-refractivity contribution >= 4 is 47.8 Å². The van der Waals surface area contributed by atoms with E-state index in [2.05, 4.69) is 41.9 Å². The van der Waals surface area contributed by atoms with Crippen LogP contribution >= 0.6 is 31.9 Å². The van der Waals surface area contributed by atoms with E-state index in [-0.39, 0.29) is 23.7 Å². The number of rotatable bonds is 6. The second-order valence-corrected chi connectivity index (χ2v) is 7.71. The van der Waals surface area contributed by atoms with Crippen LogP contribution in [0.1, 0.15) is 10.6 Å². The second kappa shape index (κ2) is 7.40. The molecule has 0 aliphatic heterocycles. The van der Waals surface area contributed by atoms with Crippen LogP contribution < -0.4 is 10.0 Å². The molecule has 0 unspecified atom stereocenters. The molecule has 1 aromatic heterocycles. The predicted octanol–water partition coefficient (Wildman–Crippen LogP) is 2.51. The Bertz CT molecular complexity index is 760. The Hall–Kier alpha value is -1.16. The number of sulfonamides is 1. The van der Waals surface area contributed by atoms with E-state index < -0.39 is 15.9 Å². The molecule has 0 spiro atoms. The Kier molecular flexibility index (Phi) is 5.79. The first-order valence-corrected chi connectivity index (χ1v) is 9.23. The smallest absolute Gasteiger partial charge is 0.287 e. The summed E-state index contributed by atoms with van der Waals surface area (Å²) in [5.74, 6) is -0.217. The molecule has 6 nitrogen and oxygen atoms in total. The number of carbonyl (C=O) groups is 1. The van der Waals surface area contributed by atoms with Gasteiger partial charge in [-0.25, -0.2) is 13.1 Å². The SMILES string of the molecule is O=C(NCCNS(=O)(=O)c1cc(Br)ccc1Br)c1ccco1. The molecule has 1 heterocycles. The van der Waals surface area contributed by atoms with Gasteiger partial charge in [-0.15, -0.1) is 0 Å². The quantitative estimate of drug-likeness (QED) is 0.660. The van der Waals surface area contributed by atoms with Crippen molar-refractivity contribution in [3.8, 4) is 0 Å². The van der Waals surface area contributed by atoms with Gasteiger partial charge in [0.15, 0.2) is 5.76 Å². The third-order valence-corrected chi connectivity index (χ3v) is 5.58. The van der Waals surface area contributed by atoms with Gasteiger partial charge < -0.3 is 9.73 Å². The minimum absolute atomic E-state index is 0.0632. The van der Waals surface area contributed by atoms with E-state index >= 15 is 0 Å². The summed E-state index contributed by atoms with van der Waals surface area (Å²) in [6.07, 6.45) is 1.39. The van der Waals surface area contributed by atoms with Gasteiger partial charge in [0.05, 0.1) is 11.2 Å². The Morgan fingerprint density at radius 3 is 2.64 bits per heavy atom. The van der Waals surface area contributed by atoms with Crippen LogP contribution in [0.15, 0.2) is 54.9 Å². The van der Waals surface area contributed by atoms with Gasteiger partial charge in [-0.2, -0.15) is 0 Å². The van der Waals surface area contributed by atoms with Crippen LogP contribution in [0, 0.1) is 0 Å². The Morgan fingerprint density at radius 1 is 1.18 bits per heavy atom. The monoisotopic (exact) mass is 450 g/mol. The number of carbonyl (C=O) groups excluding carboxylic acids is 1. The van der Waals surface area contributed by atoms with Crippen LogP contribution in [-0.2, 0) is 10.0 Å². The summed E-state index contributed by atoms with van der Waals surface area (Å²) in [6, 6.07) is 7.98. The van der Waals surface area contributed by atoms with Gasteiger partial charge in [-0.3, -0.25) is 4.79 Å².